The van der Waals surface area contributed by atoms with Crippen LogP contribution in [0.3, 0.4) is 0 Å². The van der Waals surface area contributed by atoms with Gasteiger partial charge in [-0.3, -0.25) is 14.3 Å². The Kier molecular flexibility index (Phi) is 4.31. The molecule has 5 rings (SSSR count). The topological polar surface area (TPSA) is 76.5 Å². The molecule has 0 radical (unpaired) electrons. The first-order valence-corrected chi connectivity index (χ1v) is 9.98. The largest absolute Gasteiger partial charge is 0.487 e. The maximum atomic E-state index is 13.0. The number of amides is 2. The molecule has 7 heteroatoms. The molecule has 152 valence electrons. The number of hydrogen-bond acceptors (Lipinski definition) is 4. The third-order valence-corrected chi connectivity index (χ3v) is 5.85. The number of allylic oxidation sites excluding steroid dienone is 1. The number of ether oxygens (including phenoxy) is 1. The standard InChI is InChI=1S/C23H22N4O3/c1-14-10-11-20(22(28)24-14)27-12-17-15(23(27)29)7-5-9-21(17)30-13-18-16-6-3-4-8-19(16)26(2)25-18/h3-9,20H,1,10-13H2,2H3,(H,24,28). The van der Waals surface area contributed by atoms with Crippen LogP contribution in [-0.4, -0.2) is 32.5 Å². The van der Waals surface area contributed by atoms with E-state index in [0.717, 1.165) is 22.2 Å². The lowest BCUT2D eigenvalue weighted by molar-refractivity contribution is -0.126. The van der Waals surface area contributed by atoms with E-state index >= 15 is 0 Å². The number of carbonyl (C=O) groups is 2. The van der Waals surface area contributed by atoms with Gasteiger partial charge in [-0.05, 0) is 31.0 Å². The molecular weight excluding hydrogens is 380 g/mol. The van der Waals surface area contributed by atoms with Crippen molar-refractivity contribution in [1.29, 1.82) is 0 Å². The van der Waals surface area contributed by atoms with Crippen LogP contribution in [0.15, 0.2) is 54.7 Å². The van der Waals surface area contributed by atoms with Crippen molar-refractivity contribution in [3.05, 3.63) is 71.6 Å². The van der Waals surface area contributed by atoms with Gasteiger partial charge in [-0.2, -0.15) is 5.10 Å². The summed E-state index contributed by atoms with van der Waals surface area (Å²) in [6.45, 7) is 4.47. The van der Waals surface area contributed by atoms with E-state index in [1.54, 1.807) is 11.0 Å². The normalized spacial score (nSPS) is 18.6. The smallest absolute Gasteiger partial charge is 0.255 e. The van der Waals surface area contributed by atoms with E-state index in [-0.39, 0.29) is 11.8 Å². The van der Waals surface area contributed by atoms with Gasteiger partial charge in [-0.1, -0.05) is 30.8 Å². The Morgan fingerprint density at radius 1 is 1.20 bits per heavy atom. The van der Waals surface area contributed by atoms with Gasteiger partial charge in [-0.15, -0.1) is 0 Å². The number of nitrogens with one attached hydrogen (secondary N) is 1. The molecule has 3 aromatic rings. The second-order valence-electron chi connectivity index (χ2n) is 7.74. The van der Waals surface area contributed by atoms with Gasteiger partial charge in [0, 0.05) is 29.3 Å². The molecule has 1 aromatic heterocycles. The van der Waals surface area contributed by atoms with Crippen LogP contribution in [0.25, 0.3) is 10.9 Å². The van der Waals surface area contributed by atoms with Crippen LogP contribution in [0, 0.1) is 0 Å². The average molecular weight is 402 g/mol. The number of rotatable bonds is 4. The fourth-order valence-corrected chi connectivity index (χ4v) is 4.31. The summed E-state index contributed by atoms with van der Waals surface area (Å²) in [7, 11) is 1.91. The molecule has 1 unspecified atom stereocenters. The summed E-state index contributed by atoms with van der Waals surface area (Å²) < 4.78 is 7.95. The predicted molar refractivity (Wildman–Crippen MR) is 112 cm³/mol. The first-order chi connectivity index (χ1) is 14.5. The number of piperidine rings is 1. The minimum absolute atomic E-state index is 0.133. The SMILES string of the molecule is C=C1CCC(N2Cc3c(OCc4nn(C)c5ccccc45)cccc3C2=O)C(=O)N1. The molecule has 0 spiro atoms. The number of fused-ring (bicyclic) bond motifs is 2. The van der Waals surface area contributed by atoms with Gasteiger partial charge in [0.1, 0.15) is 24.1 Å². The summed E-state index contributed by atoms with van der Waals surface area (Å²) in [5, 5.41) is 8.38. The average Bonchev–Trinajstić information content (AvgIpc) is 3.24. The monoisotopic (exact) mass is 402 g/mol. The van der Waals surface area contributed by atoms with Gasteiger partial charge < -0.3 is 15.0 Å². The number of benzene rings is 2. The van der Waals surface area contributed by atoms with Crippen LogP contribution in [-0.2, 0) is 25.0 Å². The molecule has 2 aliphatic heterocycles. The van der Waals surface area contributed by atoms with Crippen LogP contribution in [0.4, 0.5) is 0 Å². The highest BCUT2D eigenvalue weighted by atomic mass is 16.5. The summed E-state index contributed by atoms with van der Waals surface area (Å²) >= 11 is 0. The number of hydrogen-bond donors (Lipinski definition) is 1. The molecule has 30 heavy (non-hydrogen) atoms. The Labute approximate surface area is 173 Å². The number of nitrogens with zero attached hydrogens (tertiary/aromatic N) is 3. The number of aromatic nitrogens is 2. The molecule has 0 aliphatic carbocycles. The lowest BCUT2D eigenvalue weighted by atomic mass is 10.0. The van der Waals surface area contributed by atoms with E-state index < -0.39 is 6.04 Å². The van der Waals surface area contributed by atoms with Crippen molar-refractivity contribution in [3.63, 3.8) is 0 Å². The molecule has 2 aliphatic rings. The predicted octanol–water partition coefficient (Wildman–Crippen LogP) is 2.90. The van der Waals surface area contributed by atoms with E-state index in [1.807, 2.05) is 48.1 Å². The molecule has 1 fully saturated rings. The molecule has 2 amide bonds. The lowest BCUT2D eigenvalue weighted by Crippen LogP contribution is -2.49. The van der Waals surface area contributed by atoms with Crippen molar-refractivity contribution in [2.24, 2.45) is 7.05 Å². The summed E-state index contributed by atoms with van der Waals surface area (Å²) in [5.74, 6) is 0.347. The third-order valence-electron chi connectivity index (χ3n) is 5.85. The van der Waals surface area contributed by atoms with Crippen molar-refractivity contribution in [3.8, 4) is 5.75 Å². The van der Waals surface area contributed by atoms with Crippen molar-refractivity contribution < 1.29 is 14.3 Å². The van der Waals surface area contributed by atoms with Gasteiger partial charge in [0.25, 0.3) is 5.91 Å². The van der Waals surface area contributed by atoms with Crippen LogP contribution in [0.2, 0.25) is 0 Å². The lowest BCUT2D eigenvalue weighted by Gasteiger charge is -2.31. The van der Waals surface area contributed by atoms with Gasteiger partial charge in [0.15, 0.2) is 0 Å². The number of para-hydroxylation sites is 1. The molecule has 0 saturated carbocycles. The molecule has 1 N–H and O–H groups in total. The molecule has 7 nitrogen and oxygen atoms in total. The highest BCUT2D eigenvalue weighted by Crippen LogP contribution is 2.34. The van der Waals surface area contributed by atoms with Crippen LogP contribution < -0.4 is 10.1 Å². The zero-order valence-corrected chi connectivity index (χ0v) is 16.7. The van der Waals surface area contributed by atoms with Crippen molar-refractivity contribution >= 4 is 22.7 Å². The number of aryl methyl sites for hydroxylation is 1. The summed E-state index contributed by atoms with van der Waals surface area (Å²) in [6.07, 6.45) is 1.26. The zero-order valence-electron chi connectivity index (χ0n) is 16.7. The van der Waals surface area contributed by atoms with E-state index in [1.165, 1.54) is 0 Å². The molecule has 2 aromatic carbocycles. The van der Waals surface area contributed by atoms with Gasteiger partial charge in [0.05, 0.1) is 12.1 Å². The quantitative estimate of drug-likeness (QED) is 0.728. The summed E-state index contributed by atoms with van der Waals surface area (Å²) in [5.41, 5.74) is 4.00. The van der Waals surface area contributed by atoms with Crippen molar-refractivity contribution in [2.75, 3.05) is 0 Å². The highest BCUT2D eigenvalue weighted by Gasteiger charge is 2.39. The van der Waals surface area contributed by atoms with E-state index in [0.29, 0.717) is 43.0 Å². The Balaban J connectivity index is 1.39. The Morgan fingerprint density at radius 2 is 2.03 bits per heavy atom. The summed E-state index contributed by atoms with van der Waals surface area (Å²) in [6, 6.07) is 13.0. The van der Waals surface area contributed by atoms with Crippen LogP contribution >= 0.6 is 0 Å². The highest BCUT2D eigenvalue weighted by molar-refractivity contribution is 6.02. The Morgan fingerprint density at radius 3 is 2.87 bits per heavy atom. The van der Waals surface area contributed by atoms with Crippen molar-refractivity contribution in [1.82, 2.24) is 20.0 Å². The van der Waals surface area contributed by atoms with E-state index in [9.17, 15) is 9.59 Å². The maximum Gasteiger partial charge on any atom is 0.255 e. The van der Waals surface area contributed by atoms with Gasteiger partial charge in [-0.25, -0.2) is 0 Å². The Bertz CT molecular complexity index is 1200. The minimum atomic E-state index is -0.483. The maximum absolute atomic E-state index is 13.0. The zero-order chi connectivity index (χ0) is 20.8. The third kappa shape index (κ3) is 2.94. The first kappa shape index (κ1) is 18.4. The number of carbonyl (C=O) groups excluding carboxylic acids is 2. The first-order valence-electron chi connectivity index (χ1n) is 9.98. The van der Waals surface area contributed by atoms with E-state index in [2.05, 4.69) is 17.0 Å². The van der Waals surface area contributed by atoms with Crippen molar-refractivity contribution in [2.45, 2.75) is 32.0 Å². The second kappa shape index (κ2) is 7.02. The Hall–Kier alpha value is -3.61. The molecular formula is C23H22N4O3. The molecule has 1 saturated heterocycles. The fourth-order valence-electron chi connectivity index (χ4n) is 4.31. The molecule has 0 bridgehead atoms. The van der Waals surface area contributed by atoms with Crippen LogP contribution in [0.5, 0.6) is 5.75 Å². The van der Waals surface area contributed by atoms with E-state index in [4.69, 9.17) is 4.74 Å². The van der Waals surface area contributed by atoms with Crippen LogP contribution in [0.1, 0.15) is 34.5 Å². The van der Waals surface area contributed by atoms with Gasteiger partial charge in [0.2, 0.25) is 5.91 Å². The molecule has 3 heterocycles. The minimum Gasteiger partial charge on any atom is -0.487 e. The fraction of sp³-hybridized carbons (Fsp3) is 0.261. The van der Waals surface area contributed by atoms with Gasteiger partial charge >= 0.3 is 0 Å². The molecule has 1 atom stereocenters. The second-order valence-corrected chi connectivity index (χ2v) is 7.74. The summed E-state index contributed by atoms with van der Waals surface area (Å²) in [4.78, 5) is 27.0.